The molecule has 2 aromatic rings. The number of rotatable bonds is 6. The average Bonchev–Trinajstić information content (AvgIpc) is 2.54. The third kappa shape index (κ3) is 7.37. The molecule has 0 aliphatic carbocycles. The Balaban J connectivity index is 0.000000412. The number of benzene rings is 1. The van der Waals surface area contributed by atoms with Crippen molar-refractivity contribution in [1.82, 2.24) is 14.9 Å². The van der Waals surface area contributed by atoms with Crippen molar-refractivity contribution in [3.05, 3.63) is 41.6 Å². The van der Waals surface area contributed by atoms with E-state index < -0.39 is 10.1 Å². The Bertz CT molecular complexity index is 772. The Morgan fingerprint density at radius 3 is 2.19 bits per heavy atom. The van der Waals surface area contributed by atoms with Gasteiger partial charge >= 0.3 is 10.1 Å². The van der Waals surface area contributed by atoms with Gasteiger partial charge < -0.3 is 14.8 Å². The Morgan fingerprint density at radius 1 is 1.12 bits per heavy atom. The Labute approximate surface area is 156 Å². The van der Waals surface area contributed by atoms with E-state index in [9.17, 15) is 8.42 Å². The molecule has 0 unspecified atom stereocenters. The molecule has 1 heterocycles. The van der Waals surface area contributed by atoms with Gasteiger partial charge in [-0.25, -0.2) is 4.98 Å². The minimum Gasteiger partial charge on any atom is -0.368 e. The monoisotopic (exact) mass is 380 g/mol. The zero-order valence-corrected chi connectivity index (χ0v) is 16.9. The van der Waals surface area contributed by atoms with Gasteiger partial charge in [-0.2, -0.15) is 13.4 Å². The Hall–Kier alpha value is -2.19. The highest BCUT2D eigenvalue weighted by Crippen LogP contribution is 2.18. The topological polar surface area (TPSA) is 98.4 Å². The van der Waals surface area contributed by atoms with Gasteiger partial charge in [-0.05, 0) is 52.5 Å². The van der Waals surface area contributed by atoms with Crippen molar-refractivity contribution in [2.45, 2.75) is 39.0 Å². The van der Waals surface area contributed by atoms with E-state index in [0.29, 0.717) is 5.69 Å². The van der Waals surface area contributed by atoms with Crippen LogP contribution in [0.4, 0.5) is 5.95 Å². The number of aromatic nitrogens is 2. The molecule has 7 nitrogen and oxygen atoms in total. The van der Waals surface area contributed by atoms with Gasteiger partial charge in [-0.15, -0.1) is 0 Å². The van der Waals surface area contributed by atoms with Gasteiger partial charge in [0.1, 0.15) is 4.90 Å². The molecule has 2 N–H and O–H groups in total. The van der Waals surface area contributed by atoms with E-state index in [4.69, 9.17) is 9.92 Å². The van der Waals surface area contributed by atoms with Gasteiger partial charge in [0, 0.05) is 11.8 Å². The van der Waals surface area contributed by atoms with Gasteiger partial charge in [0.25, 0.3) is 0 Å². The van der Waals surface area contributed by atoms with Crippen molar-refractivity contribution in [2.75, 3.05) is 25.9 Å². The van der Waals surface area contributed by atoms with Gasteiger partial charge in [-0.1, -0.05) is 31.5 Å². The van der Waals surface area contributed by atoms with E-state index in [2.05, 4.69) is 35.8 Å². The van der Waals surface area contributed by atoms with Crippen molar-refractivity contribution in [3.63, 3.8) is 0 Å². The molecule has 2 rings (SSSR count). The first kappa shape index (κ1) is 21.9. The predicted octanol–water partition coefficient (Wildman–Crippen LogP) is 2.79. The number of hydrogen-bond donors (Lipinski definition) is 1. The van der Waals surface area contributed by atoms with Crippen LogP contribution in [-0.4, -0.2) is 43.4 Å². The molecule has 0 saturated heterocycles. The lowest BCUT2D eigenvalue weighted by Crippen LogP contribution is -2.17. The first-order chi connectivity index (χ1) is 12.2. The van der Waals surface area contributed by atoms with Crippen molar-refractivity contribution in [3.8, 4) is 5.88 Å². The van der Waals surface area contributed by atoms with E-state index in [1.807, 2.05) is 6.92 Å². The van der Waals surface area contributed by atoms with Crippen LogP contribution in [0, 0.1) is 13.8 Å². The average molecular weight is 381 g/mol. The number of hydrogen-bond acceptors (Lipinski definition) is 7. The SMILES string of the molecule is CCCN(C)CC.Cc1ccc(S(=O)(=O)Oc2cc(C)nc(N)n2)cc1. The fraction of sp³-hybridized carbons (Fsp3) is 0.444. The van der Waals surface area contributed by atoms with Gasteiger partial charge in [-0.3, -0.25) is 0 Å². The lowest BCUT2D eigenvalue weighted by atomic mass is 10.2. The van der Waals surface area contributed by atoms with Gasteiger partial charge in [0.15, 0.2) is 0 Å². The van der Waals surface area contributed by atoms with Crippen LogP contribution in [0.25, 0.3) is 0 Å². The highest BCUT2D eigenvalue weighted by atomic mass is 32.2. The highest BCUT2D eigenvalue weighted by Gasteiger charge is 2.17. The molecule has 1 aromatic carbocycles. The molecule has 0 spiro atoms. The van der Waals surface area contributed by atoms with E-state index in [0.717, 1.165) is 5.56 Å². The zero-order valence-electron chi connectivity index (χ0n) is 16.1. The second-order valence-electron chi connectivity index (χ2n) is 5.95. The minimum atomic E-state index is -3.91. The largest absolute Gasteiger partial charge is 0.368 e. The summed E-state index contributed by atoms with van der Waals surface area (Å²) in [4.78, 5) is 9.94. The van der Waals surface area contributed by atoms with Crippen molar-refractivity contribution < 1.29 is 12.6 Å². The van der Waals surface area contributed by atoms with E-state index in [1.54, 1.807) is 19.1 Å². The van der Waals surface area contributed by atoms with Crippen LogP contribution in [0.1, 0.15) is 31.5 Å². The quantitative estimate of drug-likeness (QED) is 0.769. The number of nitrogens with two attached hydrogens (primary N) is 1. The standard InChI is InChI=1S/C12H13N3O3S.C6H15N/c1-8-3-5-10(6-4-8)19(16,17)18-11-7-9(2)14-12(13)15-11;1-4-6-7(3)5-2/h3-7H,1-2H3,(H2,13,14,15);4-6H2,1-3H3. The van der Waals surface area contributed by atoms with Crippen LogP contribution < -0.4 is 9.92 Å². The summed E-state index contributed by atoms with van der Waals surface area (Å²) in [6.45, 7) is 10.3. The maximum atomic E-state index is 12.0. The Morgan fingerprint density at radius 2 is 1.73 bits per heavy atom. The molecule has 0 radical (unpaired) electrons. The summed E-state index contributed by atoms with van der Waals surface area (Å²) in [6.07, 6.45) is 1.27. The van der Waals surface area contributed by atoms with E-state index in [-0.39, 0.29) is 16.7 Å². The first-order valence-electron chi connectivity index (χ1n) is 8.48. The van der Waals surface area contributed by atoms with Crippen LogP contribution in [0.2, 0.25) is 0 Å². The number of anilines is 1. The molecule has 0 atom stereocenters. The predicted molar refractivity (Wildman–Crippen MR) is 104 cm³/mol. The van der Waals surface area contributed by atoms with Gasteiger partial charge in [0.05, 0.1) is 0 Å². The second kappa shape index (κ2) is 10.1. The molecule has 0 bridgehead atoms. The Kier molecular flexibility index (Phi) is 8.47. The van der Waals surface area contributed by atoms with E-state index >= 15 is 0 Å². The van der Waals surface area contributed by atoms with Crippen molar-refractivity contribution in [1.29, 1.82) is 0 Å². The van der Waals surface area contributed by atoms with Crippen LogP contribution >= 0.6 is 0 Å². The molecule has 8 heteroatoms. The first-order valence-corrected chi connectivity index (χ1v) is 9.89. The summed E-state index contributed by atoms with van der Waals surface area (Å²) in [7, 11) is -1.77. The molecular formula is C18H28N4O3S. The highest BCUT2D eigenvalue weighted by molar-refractivity contribution is 7.87. The van der Waals surface area contributed by atoms with Crippen molar-refractivity contribution in [2.24, 2.45) is 0 Å². The lowest BCUT2D eigenvalue weighted by Gasteiger charge is -2.10. The number of aryl methyl sites for hydroxylation is 2. The second-order valence-corrected chi connectivity index (χ2v) is 7.50. The lowest BCUT2D eigenvalue weighted by molar-refractivity contribution is 0.353. The molecule has 0 saturated carbocycles. The molecule has 144 valence electrons. The van der Waals surface area contributed by atoms with E-state index in [1.165, 1.54) is 37.7 Å². The third-order valence-corrected chi connectivity index (χ3v) is 4.74. The van der Waals surface area contributed by atoms with Crippen LogP contribution in [0.5, 0.6) is 5.88 Å². The van der Waals surface area contributed by atoms with Crippen LogP contribution in [-0.2, 0) is 10.1 Å². The minimum absolute atomic E-state index is 0.0332. The smallest absolute Gasteiger partial charge is 0.340 e. The van der Waals surface area contributed by atoms with Crippen molar-refractivity contribution >= 4 is 16.1 Å². The number of nitrogens with zero attached hydrogens (tertiary/aromatic N) is 3. The maximum Gasteiger partial charge on any atom is 0.340 e. The fourth-order valence-corrected chi connectivity index (χ4v) is 2.89. The molecule has 0 fully saturated rings. The maximum absolute atomic E-state index is 12.0. The summed E-state index contributed by atoms with van der Waals surface area (Å²) in [5.74, 6) is -0.125. The van der Waals surface area contributed by atoms with Crippen LogP contribution in [0.15, 0.2) is 35.2 Å². The normalized spacial score (nSPS) is 11.0. The summed E-state index contributed by atoms with van der Waals surface area (Å²) in [5.41, 5.74) is 6.93. The molecule has 26 heavy (non-hydrogen) atoms. The molecule has 0 aliphatic heterocycles. The van der Waals surface area contributed by atoms with Crippen LogP contribution in [0.3, 0.4) is 0 Å². The summed E-state index contributed by atoms with van der Waals surface area (Å²) in [6, 6.07) is 7.73. The molecule has 0 aliphatic rings. The molecular weight excluding hydrogens is 352 g/mol. The zero-order chi connectivity index (χ0) is 19.7. The third-order valence-electron chi connectivity index (χ3n) is 3.50. The fourth-order valence-electron chi connectivity index (χ4n) is 2.01. The summed E-state index contributed by atoms with van der Waals surface area (Å²) >= 11 is 0. The summed E-state index contributed by atoms with van der Waals surface area (Å²) < 4.78 is 29.0. The molecule has 0 amide bonds. The van der Waals surface area contributed by atoms with Gasteiger partial charge in [0.2, 0.25) is 11.8 Å². The molecule has 1 aromatic heterocycles. The number of nitrogen functional groups attached to an aromatic ring is 1. The summed E-state index contributed by atoms with van der Waals surface area (Å²) in [5, 5.41) is 0.